The molecular weight excluding hydrogens is 386 g/mol. The van der Waals surface area contributed by atoms with E-state index in [4.69, 9.17) is 16.0 Å². The predicted octanol–water partition coefficient (Wildman–Crippen LogP) is 4.97. The standard InChI is InChI=1S/C17H11ClF2N2O3S/c18-12-5-1-11(2-6-12)15-21-22-17(25-15)26-9-14(23)10-3-7-13(8-4-10)24-16(19)20/h1-8,16H,9H2. The van der Waals surface area contributed by atoms with E-state index in [9.17, 15) is 13.6 Å². The maximum Gasteiger partial charge on any atom is 0.387 e. The van der Waals surface area contributed by atoms with Gasteiger partial charge in [0, 0.05) is 16.1 Å². The third kappa shape index (κ3) is 4.80. The van der Waals surface area contributed by atoms with Crippen LogP contribution < -0.4 is 4.74 Å². The number of halogens is 3. The second-order valence-electron chi connectivity index (χ2n) is 4.99. The Morgan fingerprint density at radius 3 is 2.46 bits per heavy atom. The zero-order chi connectivity index (χ0) is 18.5. The summed E-state index contributed by atoms with van der Waals surface area (Å²) < 4.78 is 34.0. The van der Waals surface area contributed by atoms with Gasteiger partial charge in [-0.3, -0.25) is 4.79 Å². The van der Waals surface area contributed by atoms with Crippen LogP contribution in [0, 0.1) is 0 Å². The van der Waals surface area contributed by atoms with Gasteiger partial charge in [-0.1, -0.05) is 23.4 Å². The summed E-state index contributed by atoms with van der Waals surface area (Å²) in [5.41, 5.74) is 1.09. The largest absolute Gasteiger partial charge is 0.435 e. The van der Waals surface area contributed by atoms with Crippen molar-refractivity contribution in [1.82, 2.24) is 10.2 Å². The maximum absolute atomic E-state index is 12.2. The predicted molar refractivity (Wildman–Crippen MR) is 92.9 cm³/mol. The number of carbonyl (C=O) groups excluding carboxylic acids is 1. The molecule has 5 nitrogen and oxygen atoms in total. The van der Waals surface area contributed by atoms with Crippen molar-refractivity contribution in [3.8, 4) is 17.2 Å². The summed E-state index contributed by atoms with van der Waals surface area (Å²) in [4.78, 5) is 12.2. The van der Waals surface area contributed by atoms with E-state index in [1.807, 2.05) is 0 Å². The van der Waals surface area contributed by atoms with Crippen LogP contribution in [0.4, 0.5) is 8.78 Å². The number of ether oxygens (including phenoxy) is 1. The zero-order valence-corrected chi connectivity index (χ0v) is 14.6. The minimum Gasteiger partial charge on any atom is -0.435 e. The quantitative estimate of drug-likeness (QED) is 0.415. The third-order valence-electron chi connectivity index (χ3n) is 3.23. The lowest BCUT2D eigenvalue weighted by Gasteiger charge is -2.04. The number of rotatable bonds is 7. The van der Waals surface area contributed by atoms with Gasteiger partial charge in [-0.05, 0) is 48.5 Å². The van der Waals surface area contributed by atoms with Crippen molar-refractivity contribution >= 4 is 29.1 Å². The molecule has 3 aromatic rings. The van der Waals surface area contributed by atoms with Crippen LogP contribution in [0.3, 0.4) is 0 Å². The molecule has 0 spiro atoms. The normalized spacial score (nSPS) is 10.9. The molecule has 0 saturated heterocycles. The summed E-state index contributed by atoms with van der Waals surface area (Å²) in [6, 6.07) is 12.4. The molecule has 2 aromatic carbocycles. The Bertz CT molecular complexity index is 886. The number of hydrogen-bond acceptors (Lipinski definition) is 6. The molecule has 0 aliphatic carbocycles. The van der Waals surface area contributed by atoms with Gasteiger partial charge in [0.25, 0.3) is 5.22 Å². The SMILES string of the molecule is O=C(CSc1nnc(-c2ccc(Cl)cc2)o1)c1ccc(OC(F)F)cc1. The van der Waals surface area contributed by atoms with Crippen molar-refractivity contribution in [2.45, 2.75) is 11.8 Å². The summed E-state index contributed by atoms with van der Waals surface area (Å²) in [6.45, 7) is -2.90. The summed E-state index contributed by atoms with van der Waals surface area (Å²) >= 11 is 6.92. The first kappa shape index (κ1) is 18.3. The lowest BCUT2D eigenvalue weighted by molar-refractivity contribution is -0.0498. The van der Waals surface area contributed by atoms with Crippen molar-refractivity contribution in [2.75, 3.05) is 5.75 Å². The van der Waals surface area contributed by atoms with Gasteiger partial charge in [0.15, 0.2) is 5.78 Å². The van der Waals surface area contributed by atoms with E-state index in [1.165, 1.54) is 24.3 Å². The molecule has 0 saturated carbocycles. The highest BCUT2D eigenvalue weighted by Gasteiger charge is 2.13. The number of alkyl halides is 2. The van der Waals surface area contributed by atoms with Crippen molar-refractivity contribution < 1.29 is 22.7 Å². The highest BCUT2D eigenvalue weighted by Crippen LogP contribution is 2.25. The molecule has 0 bridgehead atoms. The highest BCUT2D eigenvalue weighted by molar-refractivity contribution is 7.99. The zero-order valence-electron chi connectivity index (χ0n) is 13.1. The van der Waals surface area contributed by atoms with Gasteiger partial charge in [-0.2, -0.15) is 8.78 Å². The number of hydrogen-bond donors (Lipinski definition) is 0. The van der Waals surface area contributed by atoms with E-state index in [2.05, 4.69) is 14.9 Å². The smallest absolute Gasteiger partial charge is 0.387 e. The Morgan fingerprint density at radius 1 is 1.12 bits per heavy atom. The molecule has 9 heteroatoms. The number of benzene rings is 2. The number of aromatic nitrogens is 2. The van der Waals surface area contributed by atoms with Crippen molar-refractivity contribution in [3.05, 3.63) is 59.1 Å². The molecule has 1 aromatic heterocycles. The summed E-state index contributed by atoms with van der Waals surface area (Å²) in [7, 11) is 0. The Hall–Kier alpha value is -2.45. The van der Waals surface area contributed by atoms with Gasteiger partial charge in [0.05, 0.1) is 5.75 Å². The fraction of sp³-hybridized carbons (Fsp3) is 0.118. The van der Waals surface area contributed by atoms with Gasteiger partial charge in [0.2, 0.25) is 5.89 Å². The van der Waals surface area contributed by atoms with Gasteiger partial charge in [-0.15, -0.1) is 10.2 Å². The summed E-state index contributed by atoms with van der Waals surface area (Å²) in [5, 5.41) is 8.66. The minimum absolute atomic E-state index is 0.00582. The van der Waals surface area contributed by atoms with E-state index in [0.717, 1.165) is 17.3 Å². The maximum atomic E-state index is 12.2. The van der Waals surface area contributed by atoms with Crippen molar-refractivity contribution in [2.24, 2.45) is 0 Å². The first-order valence-electron chi connectivity index (χ1n) is 7.31. The van der Waals surface area contributed by atoms with Crippen LogP contribution in [0.15, 0.2) is 58.2 Å². The number of carbonyl (C=O) groups is 1. The van der Waals surface area contributed by atoms with Crippen molar-refractivity contribution in [1.29, 1.82) is 0 Å². The van der Waals surface area contributed by atoms with Crippen LogP contribution in [0.1, 0.15) is 10.4 Å². The van der Waals surface area contributed by atoms with E-state index in [-0.39, 0.29) is 22.5 Å². The van der Waals surface area contributed by atoms with Crippen LogP contribution >= 0.6 is 23.4 Å². The van der Waals surface area contributed by atoms with Crippen LogP contribution in [0.2, 0.25) is 5.02 Å². The first-order chi connectivity index (χ1) is 12.5. The molecule has 26 heavy (non-hydrogen) atoms. The molecule has 0 aliphatic rings. The highest BCUT2D eigenvalue weighted by atomic mass is 35.5. The van der Waals surface area contributed by atoms with Gasteiger partial charge in [0.1, 0.15) is 5.75 Å². The number of ketones is 1. The van der Waals surface area contributed by atoms with E-state index in [0.29, 0.717) is 16.5 Å². The molecule has 0 aliphatic heterocycles. The van der Waals surface area contributed by atoms with E-state index < -0.39 is 6.61 Å². The monoisotopic (exact) mass is 396 g/mol. The summed E-state index contributed by atoms with van der Waals surface area (Å²) in [6.07, 6.45) is 0. The Morgan fingerprint density at radius 2 is 1.81 bits per heavy atom. The van der Waals surface area contributed by atoms with Crippen LogP contribution in [0.25, 0.3) is 11.5 Å². The molecular formula is C17H11ClF2N2O3S. The van der Waals surface area contributed by atoms with E-state index >= 15 is 0 Å². The molecule has 134 valence electrons. The van der Waals surface area contributed by atoms with Crippen molar-refractivity contribution in [3.63, 3.8) is 0 Å². The fourth-order valence-electron chi connectivity index (χ4n) is 2.01. The molecule has 3 rings (SSSR count). The molecule has 0 unspecified atom stereocenters. The Balaban J connectivity index is 1.58. The molecule has 0 N–H and O–H groups in total. The topological polar surface area (TPSA) is 65.2 Å². The molecule has 0 radical (unpaired) electrons. The molecule has 0 fully saturated rings. The Kier molecular flexibility index (Phi) is 5.85. The lowest BCUT2D eigenvalue weighted by atomic mass is 10.1. The average Bonchev–Trinajstić information content (AvgIpc) is 3.09. The second-order valence-corrected chi connectivity index (χ2v) is 6.36. The molecule has 0 atom stereocenters. The average molecular weight is 397 g/mol. The number of nitrogens with zero attached hydrogens (tertiary/aromatic N) is 2. The lowest BCUT2D eigenvalue weighted by Crippen LogP contribution is -2.04. The van der Waals surface area contributed by atoms with Crippen LogP contribution in [-0.2, 0) is 0 Å². The van der Waals surface area contributed by atoms with Crippen LogP contribution in [-0.4, -0.2) is 28.3 Å². The second kappa shape index (κ2) is 8.29. The third-order valence-corrected chi connectivity index (χ3v) is 4.30. The number of thioether (sulfide) groups is 1. The number of Topliss-reactive ketones (excluding diaryl/α,β-unsaturated/α-hetero) is 1. The minimum atomic E-state index is -2.90. The fourth-order valence-corrected chi connectivity index (χ4v) is 2.79. The van der Waals surface area contributed by atoms with Gasteiger partial charge in [-0.25, -0.2) is 0 Å². The Labute approximate surface area is 156 Å². The van der Waals surface area contributed by atoms with Gasteiger partial charge >= 0.3 is 6.61 Å². The van der Waals surface area contributed by atoms with E-state index in [1.54, 1.807) is 24.3 Å². The van der Waals surface area contributed by atoms with Gasteiger partial charge < -0.3 is 9.15 Å². The molecule has 0 amide bonds. The first-order valence-corrected chi connectivity index (χ1v) is 8.68. The summed E-state index contributed by atoms with van der Waals surface area (Å²) in [5.74, 6) is 0.181. The van der Waals surface area contributed by atoms with Crippen LogP contribution in [0.5, 0.6) is 5.75 Å². The molecule has 1 heterocycles.